The minimum absolute atomic E-state index is 0.286. The average molecular weight is 390 g/mol. The molecule has 1 aromatic carbocycles. The van der Waals surface area contributed by atoms with Gasteiger partial charge in [0.05, 0.1) is 0 Å². The molecular formula is C13H14Br2N2O2. The minimum Gasteiger partial charge on any atom is -0.368 e. The number of hydrogen-bond donors (Lipinski definition) is 2. The first kappa shape index (κ1) is 14.5. The summed E-state index contributed by atoms with van der Waals surface area (Å²) in [6, 6.07) is 4.66. The van der Waals surface area contributed by atoms with Gasteiger partial charge in [-0.1, -0.05) is 44.7 Å². The van der Waals surface area contributed by atoms with Crippen LogP contribution >= 0.6 is 31.9 Å². The van der Waals surface area contributed by atoms with E-state index in [9.17, 15) is 9.59 Å². The van der Waals surface area contributed by atoms with E-state index >= 15 is 0 Å². The predicted molar refractivity (Wildman–Crippen MR) is 79.6 cm³/mol. The maximum Gasteiger partial charge on any atom is 0.252 e. The van der Waals surface area contributed by atoms with Crippen molar-refractivity contribution >= 4 is 43.7 Å². The van der Waals surface area contributed by atoms with E-state index in [1.807, 2.05) is 6.07 Å². The molecule has 2 rings (SSSR count). The largest absolute Gasteiger partial charge is 0.368 e. The van der Waals surface area contributed by atoms with Crippen LogP contribution in [0.15, 0.2) is 27.1 Å². The molecule has 0 aliphatic heterocycles. The van der Waals surface area contributed by atoms with Gasteiger partial charge in [0.25, 0.3) is 5.91 Å². The predicted octanol–water partition coefficient (Wildman–Crippen LogP) is 2.60. The molecule has 0 unspecified atom stereocenters. The summed E-state index contributed by atoms with van der Waals surface area (Å²) in [5.74, 6) is -0.243. The fourth-order valence-electron chi connectivity index (χ4n) is 1.86. The van der Waals surface area contributed by atoms with Gasteiger partial charge in [0, 0.05) is 14.5 Å². The number of hydrogen-bond acceptors (Lipinski definition) is 2. The zero-order valence-corrected chi connectivity index (χ0v) is 13.3. The summed E-state index contributed by atoms with van der Waals surface area (Å²) in [7, 11) is 0. The number of nitrogens with two attached hydrogens (primary N) is 1. The van der Waals surface area contributed by atoms with Crippen LogP contribution in [0, 0.1) is 5.92 Å². The Bertz CT molecular complexity index is 495. The fraction of sp³-hybridized carbons (Fsp3) is 0.385. The van der Waals surface area contributed by atoms with E-state index in [2.05, 4.69) is 37.2 Å². The van der Waals surface area contributed by atoms with E-state index < -0.39 is 11.9 Å². The molecule has 0 heterocycles. The van der Waals surface area contributed by atoms with Crippen LogP contribution in [-0.2, 0) is 4.79 Å². The van der Waals surface area contributed by atoms with E-state index in [0.29, 0.717) is 17.9 Å². The smallest absolute Gasteiger partial charge is 0.252 e. The first-order valence-electron chi connectivity index (χ1n) is 6.02. The standard InChI is InChI=1S/C13H14Br2N2O2/c14-9-4-8(5-10(15)6-9)13(19)17-11(12(16)18)3-7-1-2-7/h4-7,11H,1-3H2,(H2,16,18)(H,17,19)/t11-/m0/s1. The molecule has 1 aliphatic rings. The highest BCUT2D eigenvalue weighted by molar-refractivity contribution is 9.11. The summed E-state index contributed by atoms with van der Waals surface area (Å²) < 4.78 is 1.59. The molecule has 6 heteroatoms. The number of halogens is 2. The lowest BCUT2D eigenvalue weighted by atomic mass is 10.1. The Kier molecular flexibility index (Phi) is 4.62. The van der Waals surface area contributed by atoms with Gasteiger partial charge in [-0.25, -0.2) is 0 Å². The summed E-state index contributed by atoms with van der Waals surface area (Å²) in [4.78, 5) is 23.5. The van der Waals surface area contributed by atoms with Crippen LogP contribution in [0.2, 0.25) is 0 Å². The molecule has 3 N–H and O–H groups in total. The fourth-order valence-corrected chi connectivity index (χ4v) is 3.15. The zero-order valence-electron chi connectivity index (χ0n) is 10.2. The number of rotatable bonds is 5. The summed E-state index contributed by atoms with van der Waals surface area (Å²) in [6.07, 6.45) is 2.86. The van der Waals surface area contributed by atoms with Crippen LogP contribution in [0.1, 0.15) is 29.6 Å². The maximum absolute atomic E-state index is 12.1. The highest BCUT2D eigenvalue weighted by Gasteiger charge is 2.29. The number of carbonyl (C=O) groups excluding carboxylic acids is 2. The van der Waals surface area contributed by atoms with Gasteiger partial charge in [-0.15, -0.1) is 0 Å². The lowest BCUT2D eigenvalue weighted by Crippen LogP contribution is -2.44. The Morgan fingerprint density at radius 3 is 2.32 bits per heavy atom. The lowest BCUT2D eigenvalue weighted by molar-refractivity contribution is -0.120. The SMILES string of the molecule is NC(=O)[C@H](CC1CC1)NC(=O)c1cc(Br)cc(Br)c1. The molecule has 0 bridgehead atoms. The van der Waals surface area contributed by atoms with Crippen molar-refractivity contribution in [1.82, 2.24) is 5.32 Å². The van der Waals surface area contributed by atoms with Crippen LogP contribution in [0.4, 0.5) is 0 Å². The van der Waals surface area contributed by atoms with Gasteiger partial charge in [-0.05, 0) is 30.5 Å². The quantitative estimate of drug-likeness (QED) is 0.812. The van der Waals surface area contributed by atoms with Crippen molar-refractivity contribution in [3.05, 3.63) is 32.7 Å². The number of primary amides is 1. The monoisotopic (exact) mass is 388 g/mol. The normalized spacial score (nSPS) is 15.9. The van der Waals surface area contributed by atoms with Gasteiger partial charge in [0.15, 0.2) is 0 Å². The van der Waals surface area contributed by atoms with Gasteiger partial charge in [0.1, 0.15) is 6.04 Å². The Balaban J connectivity index is 2.07. The van der Waals surface area contributed by atoms with Crippen LogP contribution in [-0.4, -0.2) is 17.9 Å². The summed E-state index contributed by atoms with van der Waals surface area (Å²) in [6.45, 7) is 0. The molecule has 1 saturated carbocycles. The minimum atomic E-state index is -0.585. The molecule has 1 aliphatic carbocycles. The van der Waals surface area contributed by atoms with Crippen molar-refractivity contribution in [1.29, 1.82) is 0 Å². The molecule has 0 saturated heterocycles. The molecule has 0 spiro atoms. The topological polar surface area (TPSA) is 72.2 Å². The van der Waals surface area contributed by atoms with E-state index in [-0.39, 0.29) is 5.91 Å². The average Bonchev–Trinajstić information content (AvgIpc) is 3.10. The van der Waals surface area contributed by atoms with Crippen molar-refractivity contribution in [2.24, 2.45) is 11.7 Å². The van der Waals surface area contributed by atoms with Gasteiger partial charge in [-0.3, -0.25) is 9.59 Å². The van der Waals surface area contributed by atoms with E-state index in [0.717, 1.165) is 21.8 Å². The first-order chi connectivity index (χ1) is 8.95. The van der Waals surface area contributed by atoms with Crippen molar-refractivity contribution in [3.8, 4) is 0 Å². The molecule has 0 aromatic heterocycles. The van der Waals surface area contributed by atoms with Crippen molar-refractivity contribution in [3.63, 3.8) is 0 Å². The van der Waals surface area contributed by atoms with Crippen molar-refractivity contribution in [2.45, 2.75) is 25.3 Å². The molecular weight excluding hydrogens is 376 g/mol. The Morgan fingerprint density at radius 1 is 1.26 bits per heavy atom. The lowest BCUT2D eigenvalue weighted by Gasteiger charge is -2.15. The second-order valence-corrected chi connectivity index (χ2v) is 6.60. The Morgan fingerprint density at radius 2 is 1.84 bits per heavy atom. The first-order valence-corrected chi connectivity index (χ1v) is 7.60. The second kappa shape index (κ2) is 6.05. The molecule has 0 radical (unpaired) electrons. The highest BCUT2D eigenvalue weighted by Crippen LogP contribution is 2.33. The van der Waals surface area contributed by atoms with E-state index in [1.165, 1.54) is 0 Å². The van der Waals surface area contributed by atoms with Crippen LogP contribution in [0.5, 0.6) is 0 Å². The molecule has 4 nitrogen and oxygen atoms in total. The molecule has 1 aromatic rings. The molecule has 19 heavy (non-hydrogen) atoms. The zero-order chi connectivity index (χ0) is 14.0. The van der Waals surface area contributed by atoms with E-state index in [1.54, 1.807) is 12.1 Å². The molecule has 1 fully saturated rings. The van der Waals surface area contributed by atoms with Crippen molar-refractivity contribution in [2.75, 3.05) is 0 Å². The number of benzene rings is 1. The van der Waals surface area contributed by atoms with Gasteiger partial charge in [0.2, 0.25) is 5.91 Å². The van der Waals surface area contributed by atoms with E-state index in [4.69, 9.17) is 5.73 Å². The molecule has 1 atom stereocenters. The number of carbonyl (C=O) groups is 2. The summed E-state index contributed by atoms with van der Waals surface area (Å²) in [5.41, 5.74) is 5.82. The van der Waals surface area contributed by atoms with Crippen LogP contribution in [0.3, 0.4) is 0 Å². The third-order valence-corrected chi connectivity index (χ3v) is 3.96. The van der Waals surface area contributed by atoms with Gasteiger partial charge < -0.3 is 11.1 Å². The van der Waals surface area contributed by atoms with Gasteiger partial charge in [-0.2, -0.15) is 0 Å². The Labute approximate surface area is 128 Å². The van der Waals surface area contributed by atoms with Crippen molar-refractivity contribution < 1.29 is 9.59 Å². The summed E-state index contributed by atoms with van der Waals surface area (Å²) in [5, 5.41) is 2.70. The third-order valence-electron chi connectivity index (χ3n) is 3.04. The van der Waals surface area contributed by atoms with Gasteiger partial charge >= 0.3 is 0 Å². The van der Waals surface area contributed by atoms with Crippen LogP contribution < -0.4 is 11.1 Å². The molecule has 2 amide bonds. The molecule has 102 valence electrons. The highest BCUT2D eigenvalue weighted by atomic mass is 79.9. The van der Waals surface area contributed by atoms with Crippen LogP contribution in [0.25, 0.3) is 0 Å². The Hall–Kier alpha value is -0.880. The summed E-state index contributed by atoms with van der Waals surface area (Å²) >= 11 is 6.65. The second-order valence-electron chi connectivity index (χ2n) is 4.77. The third kappa shape index (κ3) is 4.31. The maximum atomic E-state index is 12.1. The number of nitrogens with one attached hydrogen (secondary N) is 1. The number of amides is 2.